The summed E-state index contributed by atoms with van der Waals surface area (Å²) < 4.78 is 0. The van der Waals surface area contributed by atoms with Gasteiger partial charge >= 0.3 is 0 Å². The average Bonchev–Trinajstić information content (AvgIpc) is 2.73. The van der Waals surface area contributed by atoms with E-state index in [2.05, 4.69) is 0 Å². The molecule has 0 aromatic heterocycles. The summed E-state index contributed by atoms with van der Waals surface area (Å²) in [7, 11) is 0. The number of carbonyl (C=O) groups is 2. The second-order valence-electron chi connectivity index (χ2n) is 6.24. The number of halogens is 1. The Bertz CT molecular complexity index is 912. The summed E-state index contributed by atoms with van der Waals surface area (Å²) in [6, 6.07) is 11.4. The van der Waals surface area contributed by atoms with Crippen molar-refractivity contribution in [2.75, 3.05) is 4.90 Å². The molecule has 0 radical (unpaired) electrons. The molecule has 122 valence electrons. The van der Waals surface area contributed by atoms with E-state index in [1.165, 1.54) is 4.90 Å². The SMILES string of the molecule is Cc1ccc(C2=C(Cl)C(=O)N(c3cc(C)ccc3C)C2=O)c(C)c1. The van der Waals surface area contributed by atoms with Crippen molar-refractivity contribution in [3.05, 3.63) is 69.2 Å². The molecule has 4 heteroatoms. The summed E-state index contributed by atoms with van der Waals surface area (Å²) in [4.78, 5) is 26.8. The number of hydrogen-bond acceptors (Lipinski definition) is 2. The molecule has 1 aliphatic heterocycles. The Morgan fingerprint density at radius 1 is 0.792 bits per heavy atom. The van der Waals surface area contributed by atoms with Gasteiger partial charge in [-0.25, -0.2) is 4.90 Å². The van der Waals surface area contributed by atoms with E-state index < -0.39 is 5.91 Å². The van der Waals surface area contributed by atoms with Gasteiger partial charge in [0.05, 0.1) is 11.3 Å². The van der Waals surface area contributed by atoms with Crippen LogP contribution in [0.4, 0.5) is 5.69 Å². The van der Waals surface area contributed by atoms with Gasteiger partial charge in [0, 0.05) is 0 Å². The minimum absolute atomic E-state index is 0.0205. The molecule has 0 unspecified atom stereocenters. The molecule has 1 heterocycles. The third kappa shape index (κ3) is 2.55. The second-order valence-corrected chi connectivity index (χ2v) is 6.62. The predicted molar refractivity (Wildman–Crippen MR) is 97.1 cm³/mol. The summed E-state index contributed by atoms with van der Waals surface area (Å²) in [6.45, 7) is 7.70. The Hall–Kier alpha value is -2.39. The first-order chi connectivity index (χ1) is 11.3. The van der Waals surface area contributed by atoms with Crippen LogP contribution in [-0.4, -0.2) is 11.8 Å². The summed E-state index contributed by atoms with van der Waals surface area (Å²) >= 11 is 6.27. The molecule has 0 saturated carbocycles. The van der Waals surface area contributed by atoms with Crippen molar-refractivity contribution in [3.63, 3.8) is 0 Å². The normalized spacial score (nSPS) is 14.8. The van der Waals surface area contributed by atoms with Crippen LogP contribution in [0.3, 0.4) is 0 Å². The number of carbonyl (C=O) groups excluding carboxylic acids is 2. The molecule has 0 saturated heterocycles. The molecule has 24 heavy (non-hydrogen) atoms. The number of amides is 2. The highest BCUT2D eigenvalue weighted by Gasteiger charge is 2.40. The van der Waals surface area contributed by atoms with Crippen LogP contribution in [0.1, 0.15) is 27.8 Å². The van der Waals surface area contributed by atoms with E-state index in [1.54, 1.807) is 0 Å². The van der Waals surface area contributed by atoms with Gasteiger partial charge in [-0.05, 0) is 56.0 Å². The van der Waals surface area contributed by atoms with Crippen LogP contribution >= 0.6 is 11.6 Å². The molecule has 3 nitrogen and oxygen atoms in total. The zero-order valence-electron chi connectivity index (χ0n) is 14.1. The first kappa shape index (κ1) is 16.5. The molecule has 3 rings (SSSR count). The molecular weight excluding hydrogens is 322 g/mol. The lowest BCUT2D eigenvalue weighted by atomic mass is 9.98. The first-order valence-corrected chi connectivity index (χ1v) is 8.12. The van der Waals surface area contributed by atoms with E-state index in [9.17, 15) is 9.59 Å². The van der Waals surface area contributed by atoms with Crippen LogP contribution in [0.25, 0.3) is 5.57 Å². The summed E-state index contributed by atoms with van der Waals surface area (Å²) in [5.41, 5.74) is 5.42. The molecule has 0 aliphatic carbocycles. The lowest BCUT2D eigenvalue weighted by molar-refractivity contribution is -0.119. The minimum Gasteiger partial charge on any atom is -0.268 e. The van der Waals surface area contributed by atoms with Crippen LogP contribution in [0.15, 0.2) is 41.4 Å². The summed E-state index contributed by atoms with van der Waals surface area (Å²) in [5, 5.41) is -0.0205. The molecule has 2 aromatic rings. The van der Waals surface area contributed by atoms with Gasteiger partial charge in [0.15, 0.2) is 0 Å². The molecule has 0 N–H and O–H groups in total. The largest absolute Gasteiger partial charge is 0.277 e. The maximum absolute atomic E-state index is 13.0. The number of nitrogens with zero attached hydrogens (tertiary/aromatic N) is 1. The van der Waals surface area contributed by atoms with E-state index in [1.807, 2.05) is 64.1 Å². The van der Waals surface area contributed by atoms with Crippen molar-refractivity contribution in [3.8, 4) is 0 Å². The predicted octanol–water partition coefficient (Wildman–Crippen LogP) is 4.44. The molecule has 0 bridgehead atoms. The fourth-order valence-corrected chi connectivity index (χ4v) is 3.28. The zero-order chi connectivity index (χ0) is 17.6. The highest BCUT2D eigenvalue weighted by Crippen LogP contribution is 2.37. The third-order valence-corrected chi connectivity index (χ3v) is 4.63. The Kier molecular flexibility index (Phi) is 4.06. The van der Waals surface area contributed by atoms with Crippen molar-refractivity contribution in [2.24, 2.45) is 0 Å². The van der Waals surface area contributed by atoms with Gasteiger partial charge < -0.3 is 0 Å². The molecule has 2 amide bonds. The van der Waals surface area contributed by atoms with Gasteiger partial charge in [-0.15, -0.1) is 0 Å². The van der Waals surface area contributed by atoms with Gasteiger partial charge in [0.2, 0.25) is 0 Å². The average molecular weight is 340 g/mol. The monoisotopic (exact) mass is 339 g/mol. The number of anilines is 1. The summed E-state index contributed by atoms with van der Waals surface area (Å²) in [5.74, 6) is -0.837. The Morgan fingerprint density at radius 3 is 2.08 bits per heavy atom. The topological polar surface area (TPSA) is 37.4 Å². The maximum atomic E-state index is 13.0. The molecule has 0 atom stereocenters. The fraction of sp³-hybridized carbons (Fsp3) is 0.200. The number of rotatable bonds is 2. The van der Waals surface area contributed by atoms with Crippen LogP contribution in [0.2, 0.25) is 0 Å². The van der Waals surface area contributed by atoms with Crippen molar-refractivity contribution in [1.29, 1.82) is 0 Å². The number of aryl methyl sites for hydroxylation is 4. The van der Waals surface area contributed by atoms with Crippen LogP contribution in [0, 0.1) is 27.7 Å². The summed E-state index contributed by atoms with van der Waals surface area (Å²) in [6.07, 6.45) is 0. The highest BCUT2D eigenvalue weighted by atomic mass is 35.5. The van der Waals surface area contributed by atoms with Gasteiger partial charge in [0.25, 0.3) is 11.8 Å². The van der Waals surface area contributed by atoms with Gasteiger partial charge in [-0.3, -0.25) is 9.59 Å². The molecule has 1 aliphatic rings. The lowest BCUT2D eigenvalue weighted by Crippen LogP contribution is -2.31. The number of benzene rings is 2. The van der Waals surface area contributed by atoms with E-state index in [4.69, 9.17) is 11.6 Å². The Morgan fingerprint density at radius 2 is 1.42 bits per heavy atom. The third-order valence-electron chi connectivity index (χ3n) is 4.28. The lowest BCUT2D eigenvalue weighted by Gasteiger charge is -2.18. The number of imide groups is 1. The number of hydrogen-bond donors (Lipinski definition) is 0. The van der Waals surface area contributed by atoms with Crippen molar-refractivity contribution in [1.82, 2.24) is 0 Å². The smallest absolute Gasteiger partial charge is 0.268 e. The Balaban J connectivity index is 2.13. The first-order valence-electron chi connectivity index (χ1n) is 7.74. The van der Waals surface area contributed by atoms with Crippen LogP contribution < -0.4 is 4.90 Å². The van der Waals surface area contributed by atoms with Gasteiger partial charge in [-0.1, -0.05) is 47.5 Å². The molecule has 0 fully saturated rings. The van der Waals surface area contributed by atoms with E-state index >= 15 is 0 Å². The van der Waals surface area contributed by atoms with Crippen molar-refractivity contribution >= 4 is 34.7 Å². The zero-order valence-corrected chi connectivity index (χ0v) is 14.9. The van der Waals surface area contributed by atoms with Gasteiger partial charge in [0.1, 0.15) is 5.03 Å². The van der Waals surface area contributed by atoms with E-state index in [0.717, 1.165) is 22.3 Å². The highest BCUT2D eigenvalue weighted by molar-refractivity contribution is 6.60. The minimum atomic E-state index is -0.467. The maximum Gasteiger partial charge on any atom is 0.277 e. The molecular formula is C20H18ClNO2. The van der Waals surface area contributed by atoms with Crippen LogP contribution in [0.5, 0.6) is 0 Å². The Labute approximate surface area is 146 Å². The van der Waals surface area contributed by atoms with Gasteiger partial charge in [-0.2, -0.15) is 0 Å². The fourth-order valence-electron chi connectivity index (χ4n) is 3.01. The second kappa shape index (κ2) is 5.91. The van der Waals surface area contributed by atoms with Crippen molar-refractivity contribution in [2.45, 2.75) is 27.7 Å². The molecule has 0 spiro atoms. The van der Waals surface area contributed by atoms with E-state index in [-0.39, 0.29) is 16.5 Å². The standard InChI is InChI=1S/C20H18ClNO2/c1-11-6-8-15(14(4)9-11)17-18(21)20(24)22(19(17)23)16-10-12(2)5-7-13(16)3/h5-10H,1-4H3. The molecule has 2 aromatic carbocycles. The van der Waals surface area contributed by atoms with E-state index in [0.29, 0.717) is 11.3 Å². The quantitative estimate of drug-likeness (QED) is 0.758. The van der Waals surface area contributed by atoms with Crippen LogP contribution in [-0.2, 0) is 9.59 Å². The van der Waals surface area contributed by atoms with Crippen molar-refractivity contribution < 1.29 is 9.59 Å².